The van der Waals surface area contributed by atoms with Gasteiger partial charge in [0.25, 0.3) is 0 Å². The van der Waals surface area contributed by atoms with E-state index in [0.29, 0.717) is 30.4 Å². The molecule has 3 aromatic rings. The van der Waals surface area contributed by atoms with Gasteiger partial charge in [0.1, 0.15) is 11.9 Å². The molecule has 3 heterocycles. The van der Waals surface area contributed by atoms with Gasteiger partial charge in [0.15, 0.2) is 0 Å². The van der Waals surface area contributed by atoms with Gasteiger partial charge >= 0.3 is 0 Å². The molecule has 9 nitrogen and oxygen atoms in total. The number of nitrogens with zero attached hydrogens (tertiary/aromatic N) is 5. The summed E-state index contributed by atoms with van der Waals surface area (Å²) in [6.45, 7) is 7.31. The molecule has 1 aliphatic rings. The maximum absolute atomic E-state index is 9.98. The van der Waals surface area contributed by atoms with Crippen LogP contribution in [-0.2, 0) is 10.2 Å². The van der Waals surface area contributed by atoms with E-state index in [-0.39, 0.29) is 12.6 Å². The third-order valence-electron chi connectivity index (χ3n) is 6.43. The first-order valence-electron chi connectivity index (χ1n) is 11.5. The molecule has 2 aromatic heterocycles. The fraction of sp³-hybridized carbons (Fsp3) is 0.440. The highest BCUT2D eigenvalue weighted by Gasteiger charge is 2.36. The van der Waals surface area contributed by atoms with Gasteiger partial charge in [-0.25, -0.2) is 14.6 Å². The van der Waals surface area contributed by atoms with Gasteiger partial charge in [0, 0.05) is 43.5 Å². The zero-order chi connectivity index (χ0) is 24.3. The van der Waals surface area contributed by atoms with Crippen LogP contribution in [-0.4, -0.2) is 51.7 Å². The monoisotopic (exact) mass is 461 g/mol. The maximum atomic E-state index is 9.98. The summed E-state index contributed by atoms with van der Waals surface area (Å²) in [7, 11) is 1.70. The van der Waals surface area contributed by atoms with Crippen LogP contribution in [0.3, 0.4) is 0 Å². The van der Waals surface area contributed by atoms with Crippen LogP contribution < -0.4 is 10.6 Å². The Kier molecular flexibility index (Phi) is 6.82. The molecule has 0 saturated heterocycles. The lowest BCUT2D eigenvalue weighted by molar-refractivity contribution is 0.174. The topological polar surface area (TPSA) is 121 Å². The average Bonchev–Trinajstić information content (AvgIpc) is 3.39. The Morgan fingerprint density at radius 3 is 2.91 bits per heavy atom. The van der Waals surface area contributed by atoms with Crippen molar-refractivity contribution in [1.29, 1.82) is 5.26 Å². The van der Waals surface area contributed by atoms with E-state index in [0.717, 1.165) is 41.2 Å². The van der Waals surface area contributed by atoms with Crippen molar-refractivity contribution in [2.45, 2.75) is 45.1 Å². The van der Waals surface area contributed by atoms with Gasteiger partial charge in [-0.3, -0.25) is 0 Å². The standard InChI is InChI=1S/C25H31N7O2/c1-5-19(7-9-34-4)32-22(10-16(2)31-32)30-24-27-8-6-21(29-24)17-11-18(13-26)23-20(12-17)25(3,15-33)14-28-23/h6,8,10-12,19,28,33H,5,7,9,14-15H2,1-4H3,(H,27,29,30). The molecular weight excluding hydrogens is 430 g/mol. The molecule has 1 aromatic carbocycles. The summed E-state index contributed by atoms with van der Waals surface area (Å²) < 4.78 is 7.25. The van der Waals surface area contributed by atoms with E-state index >= 15 is 0 Å². The van der Waals surface area contributed by atoms with Crippen molar-refractivity contribution in [3.05, 3.63) is 47.3 Å². The highest BCUT2D eigenvalue weighted by molar-refractivity contribution is 5.76. The van der Waals surface area contributed by atoms with Crippen LogP contribution in [0.15, 0.2) is 30.5 Å². The second-order valence-electron chi connectivity index (χ2n) is 8.98. The van der Waals surface area contributed by atoms with Crippen molar-refractivity contribution in [2.24, 2.45) is 0 Å². The van der Waals surface area contributed by atoms with Crippen molar-refractivity contribution in [1.82, 2.24) is 19.7 Å². The van der Waals surface area contributed by atoms with E-state index in [1.54, 1.807) is 13.3 Å². The van der Waals surface area contributed by atoms with E-state index < -0.39 is 5.41 Å². The molecule has 0 aliphatic carbocycles. The Morgan fingerprint density at radius 2 is 2.21 bits per heavy atom. The lowest BCUT2D eigenvalue weighted by Gasteiger charge is -2.21. The molecule has 9 heteroatoms. The van der Waals surface area contributed by atoms with E-state index in [2.05, 4.69) is 33.7 Å². The van der Waals surface area contributed by atoms with Crippen LogP contribution in [0.2, 0.25) is 0 Å². The summed E-state index contributed by atoms with van der Waals surface area (Å²) in [5.41, 5.74) is 4.20. The maximum Gasteiger partial charge on any atom is 0.228 e. The van der Waals surface area contributed by atoms with Crippen molar-refractivity contribution in [3.63, 3.8) is 0 Å². The Bertz CT molecular complexity index is 1220. The summed E-state index contributed by atoms with van der Waals surface area (Å²) in [5.74, 6) is 1.27. The molecule has 0 bridgehead atoms. The van der Waals surface area contributed by atoms with Crippen molar-refractivity contribution in [3.8, 4) is 17.3 Å². The normalized spacial score (nSPS) is 17.6. The number of rotatable bonds is 9. The number of aryl methyl sites for hydroxylation is 1. The van der Waals surface area contributed by atoms with E-state index in [1.807, 2.05) is 42.8 Å². The van der Waals surface area contributed by atoms with Crippen LogP contribution in [0.1, 0.15) is 49.6 Å². The Labute approximate surface area is 199 Å². The van der Waals surface area contributed by atoms with Gasteiger partial charge in [-0.05, 0) is 43.5 Å². The van der Waals surface area contributed by atoms with Gasteiger partial charge in [0.2, 0.25) is 5.95 Å². The first kappa shape index (κ1) is 23.7. The van der Waals surface area contributed by atoms with Gasteiger partial charge in [-0.1, -0.05) is 13.8 Å². The number of nitriles is 1. The molecule has 1 aliphatic heterocycles. The summed E-state index contributed by atoms with van der Waals surface area (Å²) in [4.78, 5) is 9.14. The first-order chi connectivity index (χ1) is 16.4. The number of ether oxygens (including phenoxy) is 1. The molecule has 2 atom stereocenters. The third kappa shape index (κ3) is 4.47. The van der Waals surface area contributed by atoms with Gasteiger partial charge < -0.3 is 20.5 Å². The molecule has 0 fully saturated rings. The van der Waals surface area contributed by atoms with Crippen LogP contribution in [0.25, 0.3) is 11.3 Å². The summed E-state index contributed by atoms with van der Waals surface area (Å²) in [6.07, 6.45) is 3.47. The molecule has 0 amide bonds. The summed E-state index contributed by atoms with van der Waals surface area (Å²) in [5, 5.41) is 31.0. The number of hydrogen-bond donors (Lipinski definition) is 3. The van der Waals surface area contributed by atoms with Crippen LogP contribution in [0.4, 0.5) is 17.5 Å². The van der Waals surface area contributed by atoms with E-state index in [4.69, 9.17) is 9.72 Å². The minimum absolute atomic E-state index is 0.0110. The molecular formula is C25H31N7O2. The molecule has 4 rings (SSSR count). The molecule has 178 valence electrons. The highest BCUT2D eigenvalue weighted by atomic mass is 16.5. The molecule has 2 unspecified atom stereocenters. The molecule has 0 saturated carbocycles. The van der Waals surface area contributed by atoms with Gasteiger partial charge in [-0.2, -0.15) is 10.4 Å². The Balaban J connectivity index is 1.68. The summed E-state index contributed by atoms with van der Waals surface area (Å²) in [6, 6.07) is 10.1. The number of aromatic nitrogens is 4. The van der Waals surface area contributed by atoms with Gasteiger partial charge in [-0.15, -0.1) is 0 Å². The number of aliphatic hydroxyl groups is 1. The number of methoxy groups -OCH3 is 1. The highest BCUT2D eigenvalue weighted by Crippen LogP contribution is 2.41. The molecule has 0 radical (unpaired) electrons. The predicted octanol–water partition coefficient (Wildman–Crippen LogP) is 3.93. The predicted molar refractivity (Wildman–Crippen MR) is 131 cm³/mol. The van der Waals surface area contributed by atoms with Crippen molar-refractivity contribution < 1.29 is 9.84 Å². The van der Waals surface area contributed by atoms with E-state index in [1.165, 1.54) is 0 Å². The summed E-state index contributed by atoms with van der Waals surface area (Å²) >= 11 is 0. The number of fused-ring (bicyclic) bond motifs is 1. The zero-order valence-electron chi connectivity index (χ0n) is 20.1. The van der Waals surface area contributed by atoms with Gasteiger partial charge in [0.05, 0.1) is 35.3 Å². The zero-order valence-corrected chi connectivity index (χ0v) is 20.1. The first-order valence-corrected chi connectivity index (χ1v) is 11.5. The number of anilines is 3. The molecule has 34 heavy (non-hydrogen) atoms. The fourth-order valence-electron chi connectivity index (χ4n) is 4.40. The number of nitrogens with one attached hydrogen (secondary N) is 2. The van der Waals surface area contributed by atoms with Crippen LogP contribution >= 0.6 is 0 Å². The van der Waals surface area contributed by atoms with E-state index in [9.17, 15) is 10.4 Å². The molecule has 0 spiro atoms. The fourth-order valence-corrected chi connectivity index (χ4v) is 4.40. The quantitative estimate of drug-likeness (QED) is 0.438. The third-order valence-corrected chi connectivity index (χ3v) is 6.43. The van der Waals surface area contributed by atoms with Crippen LogP contribution in [0.5, 0.6) is 0 Å². The number of benzene rings is 1. The smallest absolute Gasteiger partial charge is 0.228 e. The average molecular weight is 462 g/mol. The number of hydrogen-bond acceptors (Lipinski definition) is 8. The SMILES string of the molecule is CCC(CCOC)n1nc(C)cc1Nc1nccc(-c2cc(C#N)c3c(c2)C(C)(CO)CN3)n1. The number of aliphatic hydroxyl groups excluding tert-OH is 1. The largest absolute Gasteiger partial charge is 0.395 e. The Morgan fingerprint density at radius 1 is 1.38 bits per heavy atom. The minimum Gasteiger partial charge on any atom is -0.395 e. The minimum atomic E-state index is -0.452. The van der Waals surface area contributed by atoms with Crippen LogP contribution in [0, 0.1) is 18.3 Å². The van der Waals surface area contributed by atoms with Crippen molar-refractivity contribution in [2.75, 3.05) is 37.5 Å². The second-order valence-corrected chi connectivity index (χ2v) is 8.98. The van der Waals surface area contributed by atoms with Crippen molar-refractivity contribution >= 4 is 17.5 Å². The lowest BCUT2D eigenvalue weighted by Crippen LogP contribution is -2.28. The Hall–Kier alpha value is -3.48. The lowest BCUT2D eigenvalue weighted by atomic mass is 9.83. The molecule has 3 N–H and O–H groups in total. The second kappa shape index (κ2) is 9.79.